The van der Waals surface area contributed by atoms with Gasteiger partial charge in [-0.15, -0.1) is 0 Å². The second-order valence-corrected chi connectivity index (χ2v) is 8.42. The van der Waals surface area contributed by atoms with Crippen LogP contribution < -0.4 is 14.8 Å². The van der Waals surface area contributed by atoms with Crippen LogP contribution in [-0.4, -0.2) is 44.9 Å². The van der Waals surface area contributed by atoms with Crippen LogP contribution in [0, 0.1) is 0 Å². The molecule has 0 saturated heterocycles. The zero-order valence-corrected chi connectivity index (χ0v) is 18.7. The number of anilines is 1. The van der Waals surface area contributed by atoms with Gasteiger partial charge in [0.05, 0.1) is 12.2 Å². The Kier molecular flexibility index (Phi) is 8.51. The van der Waals surface area contributed by atoms with E-state index in [4.69, 9.17) is 9.47 Å². The fourth-order valence-electron chi connectivity index (χ4n) is 2.93. The summed E-state index contributed by atoms with van der Waals surface area (Å²) in [5.74, 6) is -1.10. The Morgan fingerprint density at radius 2 is 1.66 bits per heavy atom. The summed E-state index contributed by atoms with van der Waals surface area (Å²) in [6.07, 6.45) is -4.63. The first kappa shape index (κ1) is 25.5. The topological polar surface area (TPSA) is 84.9 Å². The van der Waals surface area contributed by atoms with Crippen molar-refractivity contribution in [2.75, 3.05) is 31.6 Å². The summed E-state index contributed by atoms with van der Waals surface area (Å²) in [5.41, 5.74) is -0.863. The highest BCUT2D eigenvalue weighted by atomic mass is 32.2. The summed E-state index contributed by atoms with van der Waals surface area (Å²) >= 11 is 0. The number of para-hydroxylation sites is 1. The molecule has 0 fully saturated rings. The highest BCUT2D eigenvalue weighted by Gasteiger charge is 2.34. The molecule has 0 bridgehead atoms. The molecule has 0 aliphatic heterocycles. The molecule has 0 saturated carbocycles. The molecule has 0 spiro atoms. The molecule has 1 amide bonds. The van der Waals surface area contributed by atoms with Gasteiger partial charge in [-0.2, -0.15) is 17.5 Å². The molecule has 2 aromatic carbocycles. The predicted molar refractivity (Wildman–Crippen MR) is 113 cm³/mol. The molecule has 7 nitrogen and oxygen atoms in total. The number of rotatable bonds is 10. The lowest BCUT2D eigenvalue weighted by atomic mass is 10.2. The predicted octanol–water partition coefficient (Wildman–Crippen LogP) is 4.15. The summed E-state index contributed by atoms with van der Waals surface area (Å²) in [6, 6.07) is 8.64. The number of ether oxygens (including phenoxy) is 2. The van der Waals surface area contributed by atoms with E-state index in [-0.39, 0.29) is 36.0 Å². The first-order valence-corrected chi connectivity index (χ1v) is 11.3. The Balaban J connectivity index is 2.22. The number of alkyl halides is 3. The van der Waals surface area contributed by atoms with Crippen LogP contribution in [0.2, 0.25) is 0 Å². The van der Waals surface area contributed by atoms with Crippen molar-refractivity contribution >= 4 is 21.6 Å². The number of hydrogen-bond donors (Lipinski definition) is 1. The van der Waals surface area contributed by atoms with Crippen LogP contribution in [0.4, 0.5) is 18.9 Å². The van der Waals surface area contributed by atoms with Gasteiger partial charge in [-0.3, -0.25) is 4.79 Å². The first-order valence-electron chi connectivity index (χ1n) is 9.90. The maximum absolute atomic E-state index is 13.0. The van der Waals surface area contributed by atoms with Crippen LogP contribution in [0.3, 0.4) is 0 Å². The molecule has 0 unspecified atom stereocenters. The van der Waals surface area contributed by atoms with Crippen molar-refractivity contribution in [2.45, 2.75) is 31.8 Å². The summed E-state index contributed by atoms with van der Waals surface area (Å²) in [5, 5.41) is 2.44. The minimum atomic E-state index is -4.63. The lowest BCUT2D eigenvalue weighted by Gasteiger charge is -2.21. The molecule has 176 valence electrons. The Bertz CT molecular complexity index is 1040. The van der Waals surface area contributed by atoms with E-state index < -0.39 is 40.0 Å². The third-order valence-corrected chi connectivity index (χ3v) is 6.47. The maximum Gasteiger partial charge on any atom is 0.419 e. The number of hydrogen-bond acceptors (Lipinski definition) is 5. The van der Waals surface area contributed by atoms with Gasteiger partial charge in [0.2, 0.25) is 10.0 Å². The number of nitrogens with zero attached hydrogens (tertiary/aromatic N) is 1. The van der Waals surface area contributed by atoms with Gasteiger partial charge >= 0.3 is 6.18 Å². The number of amides is 1. The number of carbonyl (C=O) groups is 1. The average Bonchev–Trinajstić information content (AvgIpc) is 2.73. The number of nitrogens with one attached hydrogen (secondary N) is 1. The number of sulfonamides is 1. The van der Waals surface area contributed by atoms with Crippen molar-refractivity contribution in [3.8, 4) is 11.5 Å². The van der Waals surface area contributed by atoms with Crippen molar-refractivity contribution in [1.29, 1.82) is 0 Å². The smallest absolute Gasteiger partial charge is 0.419 e. The second kappa shape index (κ2) is 10.7. The van der Waals surface area contributed by atoms with Gasteiger partial charge in [-0.05, 0) is 37.3 Å². The molecule has 1 N–H and O–H groups in total. The molecule has 2 aromatic rings. The van der Waals surface area contributed by atoms with Gasteiger partial charge < -0.3 is 14.8 Å². The summed E-state index contributed by atoms with van der Waals surface area (Å²) in [4.78, 5) is 12.1. The third kappa shape index (κ3) is 6.13. The van der Waals surface area contributed by atoms with E-state index in [2.05, 4.69) is 5.32 Å². The lowest BCUT2D eigenvalue weighted by Crippen LogP contribution is -2.31. The van der Waals surface area contributed by atoms with Gasteiger partial charge in [0.25, 0.3) is 5.91 Å². The van der Waals surface area contributed by atoms with Crippen molar-refractivity contribution in [3.63, 3.8) is 0 Å². The molecule has 0 aliphatic rings. The lowest BCUT2D eigenvalue weighted by molar-refractivity contribution is -0.139. The van der Waals surface area contributed by atoms with Crippen molar-refractivity contribution < 1.29 is 35.9 Å². The highest BCUT2D eigenvalue weighted by molar-refractivity contribution is 7.89. The number of halogens is 3. The molecule has 2 rings (SSSR count). The molecule has 0 aromatic heterocycles. The average molecular weight is 475 g/mol. The van der Waals surface area contributed by atoms with Crippen LogP contribution in [0.25, 0.3) is 0 Å². The molecule has 0 heterocycles. The minimum absolute atomic E-state index is 0.121. The molecular formula is C21H25F3N2O5S. The zero-order chi connectivity index (χ0) is 23.9. The van der Waals surface area contributed by atoms with Crippen LogP contribution >= 0.6 is 0 Å². The SMILES string of the molecule is CCOc1ccc(NC(=O)COc2ccccc2C(F)(F)F)cc1S(=O)(=O)N(CC)CC. The largest absolute Gasteiger partial charge is 0.492 e. The molecule has 0 aliphatic carbocycles. The maximum atomic E-state index is 13.0. The minimum Gasteiger partial charge on any atom is -0.492 e. The summed E-state index contributed by atoms with van der Waals surface area (Å²) in [7, 11) is -3.89. The van der Waals surface area contributed by atoms with E-state index in [0.29, 0.717) is 0 Å². The second-order valence-electron chi connectivity index (χ2n) is 6.51. The van der Waals surface area contributed by atoms with Crippen LogP contribution in [-0.2, 0) is 21.0 Å². The molecule has 11 heteroatoms. The Morgan fingerprint density at radius 3 is 2.25 bits per heavy atom. The summed E-state index contributed by atoms with van der Waals surface area (Å²) in [6.45, 7) is 5.13. The first-order chi connectivity index (χ1) is 15.0. The van der Waals surface area contributed by atoms with Gasteiger partial charge in [-0.25, -0.2) is 8.42 Å². The van der Waals surface area contributed by atoms with Gasteiger partial charge in [0, 0.05) is 18.8 Å². The normalized spacial score (nSPS) is 12.0. The van der Waals surface area contributed by atoms with E-state index in [1.54, 1.807) is 20.8 Å². The van der Waals surface area contributed by atoms with Gasteiger partial charge in [0.15, 0.2) is 6.61 Å². The standard InChI is InChI=1S/C21H25F3N2O5S/c1-4-26(5-2)32(28,29)19-13-15(11-12-18(19)30-6-3)25-20(27)14-31-17-10-8-7-9-16(17)21(22,23)24/h7-13H,4-6,14H2,1-3H3,(H,25,27). The number of benzene rings is 2. The molecule has 0 atom stereocenters. The van der Waals surface area contributed by atoms with Crippen LogP contribution in [0.15, 0.2) is 47.4 Å². The van der Waals surface area contributed by atoms with E-state index in [1.807, 2.05) is 0 Å². The van der Waals surface area contributed by atoms with Crippen LogP contribution in [0.1, 0.15) is 26.3 Å². The fraction of sp³-hybridized carbons (Fsp3) is 0.381. The van der Waals surface area contributed by atoms with Crippen molar-refractivity contribution in [3.05, 3.63) is 48.0 Å². The Morgan fingerprint density at radius 1 is 1.00 bits per heavy atom. The van der Waals surface area contributed by atoms with E-state index in [0.717, 1.165) is 12.1 Å². The monoisotopic (exact) mass is 474 g/mol. The molecular weight excluding hydrogens is 449 g/mol. The third-order valence-electron chi connectivity index (χ3n) is 4.40. The Hall–Kier alpha value is -2.79. The van der Waals surface area contributed by atoms with Gasteiger partial charge in [-0.1, -0.05) is 26.0 Å². The number of carbonyl (C=O) groups excluding carboxylic acids is 1. The van der Waals surface area contributed by atoms with E-state index >= 15 is 0 Å². The van der Waals surface area contributed by atoms with Crippen molar-refractivity contribution in [2.24, 2.45) is 0 Å². The van der Waals surface area contributed by atoms with Gasteiger partial charge in [0.1, 0.15) is 16.4 Å². The van der Waals surface area contributed by atoms with Crippen LogP contribution in [0.5, 0.6) is 11.5 Å². The highest BCUT2D eigenvalue weighted by Crippen LogP contribution is 2.36. The summed E-state index contributed by atoms with van der Waals surface area (Å²) < 4.78 is 76.8. The molecule has 32 heavy (non-hydrogen) atoms. The Labute approximate surface area is 185 Å². The quantitative estimate of drug-likeness (QED) is 0.559. The van der Waals surface area contributed by atoms with E-state index in [9.17, 15) is 26.4 Å². The molecule has 0 radical (unpaired) electrons. The van der Waals surface area contributed by atoms with E-state index in [1.165, 1.54) is 34.6 Å². The zero-order valence-electron chi connectivity index (χ0n) is 17.9. The van der Waals surface area contributed by atoms with Crippen molar-refractivity contribution in [1.82, 2.24) is 4.31 Å². The fourth-order valence-corrected chi connectivity index (χ4v) is 4.55.